The molecule has 0 saturated carbocycles. The summed E-state index contributed by atoms with van der Waals surface area (Å²) in [5, 5.41) is 11.4. The van der Waals surface area contributed by atoms with E-state index in [2.05, 4.69) is 22.1 Å². The van der Waals surface area contributed by atoms with E-state index >= 15 is 0 Å². The lowest BCUT2D eigenvalue weighted by Crippen LogP contribution is -2.27. The second kappa shape index (κ2) is 8.99. The first-order valence-electron chi connectivity index (χ1n) is 7.24. The van der Waals surface area contributed by atoms with E-state index in [0.29, 0.717) is 24.0 Å². The number of para-hydroxylation sites is 1. The number of methoxy groups -OCH3 is 1. The number of nitrogens with zero attached hydrogens (tertiary/aromatic N) is 3. The zero-order valence-corrected chi connectivity index (χ0v) is 13.9. The molecule has 0 spiro atoms. The van der Waals surface area contributed by atoms with Crippen LogP contribution in [0.25, 0.3) is 0 Å². The molecular weight excluding hydrogens is 312 g/mol. The molecule has 7 heteroatoms. The zero-order chi connectivity index (χ0) is 16.5. The number of aromatic nitrogens is 3. The Balaban J connectivity index is 1.75. The number of nitrogens with one attached hydrogen (secondary N) is 1. The highest BCUT2D eigenvalue weighted by molar-refractivity contribution is 7.99. The van der Waals surface area contributed by atoms with Gasteiger partial charge in [-0.2, -0.15) is 0 Å². The molecule has 0 fully saturated rings. The lowest BCUT2D eigenvalue weighted by atomic mass is 10.1. The number of carbonyl (C=O) groups is 1. The molecule has 0 saturated heterocycles. The van der Waals surface area contributed by atoms with Gasteiger partial charge in [-0.15, -0.1) is 16.8 Å². The van der Waals surface area contributed by atoms with Crippen LogP contribution >= 0.6 is 11.8 Å². The number of benzene rings is 1. The minimum absolute atomic E-state index is 0.0296. The Morgan fingerprint density at radius 2 is 2.30 bits per heavy atom. The summed E-state index contributed by atoms with van der Waals surface area (Å²) in [5.74, 6) is 1.12. The lowest BCUT2D eigenvalue weighted by Gasteiger charge is -2.09. The van der Waals surface area contributed by atoms with Crippen molar-refractivity contribution in [3.05, 3.63) is 48.8 Å². The fourth-order valence-corrected chi connectivity index (χ4v) is 2.80. The highest BCUT2D eigenvalue weighted by Gasteiger charge is 2.08. The first kappa shape index (κ1) is 17.1. The van der Waals surface area contributed by atoms with Crippen molar-refractivity contribution in [1.29, 1.82) is 0 Å². The van der Waals surface area contributed by atoms with E-state index in [1.807, 2.05) is 28.8 Å². The molecule has 6 nitrogen and oxygen atoms in total. The first-order valence-corrected chi connectivity index (χ1v) is 8.23. The van der Waals surface area contributed by atoms with Crippen LogP contribution in [0, 0.1) is 0 Å². The molecule has 1 amide bonds. The van der Waals surface area contributed by atoms with E-state index in [9.17, 15) is 4.79 Å². The molecule has 1 aromatic carbocycles. The third-order valence-corrected chi connectivity index (χ3v) is 4.13. The minimum Gasteiger partial charge on any atom is -0.496 e. The summed E-state index contributed by atoms with van der Waals surface area (Å²) in [7, 11) is 1.65. The normalized spacial score (nSPS) is 10.3. The smallest absolute Gasteiger partial charge is 0.230 e. The van der Waals surface area contributed by atoms with Gasteiger partial charge in [-0.3, -0.25) is 4.79 Å². The number of carbonyl (C=O) groups excluding carboxylic acids is 1. The Hall–Kier alpha value is -2.28. The average molecular weight is 332 g/mol. The van der Waals surface area contributed by atoms with Gasteiger partial charge >= 0.3 is 0 Å². The molecule has 23 heavy (non-hydrogen) atoms. The van der Waals surface area contributed by atoms with Gasteiger partial charge in [0.25, 0.3) is 0 Å². The summed E-state index contributed by atoms with van der Waals surface area (Å²) in [5.41, 5.74) is 1.08. The Bertz CT molecular complexity index is 657. The molecule has 1 aromatic heterocycles. The van der Waals surface area contributed by atoms with Gasteiger partial charge in [-0.05, 0) is 18.1 Å². The molecule has 0 aliphatic rings. The fraction of sp³-hybridized carbons (Fsp3) is 0.312. The maximum absolute atomic E-state index is 11.9. The fourth-order valence-electron chi connectivity index (χ4n) is 2.05. The Morgan fingerprint density at radius 1 is 1.48 bits per heavy atom. The van der Waals surface area contributed by atoms with Crippen molar-refractivity contribution in [3.8, 4) is 5.75 Å². The summed E-state index contributed by atoms with van der Waals surface area (Å²) in [6, 6.07) is 7.80. The third kappa shape index (κ3) is 5.14. The van der Waals surface area contributed by atoms with Crippen molar-refractivity contribution in [2.45, 2.75) is 18.1 Å². The average Bonchev–Trinajstić information content (AvgIpc) is 3.01. The van der Waals surface area contributed by atoms with Gasteiger partial charge in [0.05, 0.1) is 12.9 Å². The first-order chi connectivity index (χ1) is 11.2. The predicted molar refractivity (Wildman–Crippen MR) is 90.7 cm³/mol. The van der Waals surface area contributed by atoms with Gasteiger partial charge in [-0.25, -0.2) is 0 Å². The van der Waals surface area contributed by atoms with Gasteiger partial charge in [-0.1, -0.05) is 36.0 Å². The molecule has 2 rings (SSSR count). The minimum atomic E-state index is -0.0296. The second-order valence-electron chi connectivity index (χ2n) is 4.76. The van der Waals surface area contributed by atoms with Crippen molar-refractivity contribution in [2.24, 2.45) is 0 Å². The number of amides is 1. The molecule has 1 N–H and O–H groups in total. The van der Waals surface area contributed by atoms with E-state index in [4.69, 9.17) is 4.74 Å². The number of thioether (sulfide) groups is 1. The molecule has 1 heterocycles. The molecule has 0 aliphatic carbocycles. The zero-order valence-electron chi connectivity index (χ0n) is 13.1. The highest BCUT2D eigenvalue weighted by atomic mass is 32.2. The van der Waals surface area contributed by atoms with E-state index in [-0.39, 0.29) is 5.91 Å². The molecular formula is C16H20N4O2S. The maximum atomic E-state index is 11.9. The van der Waals surface area contributed by atoms with Gasteiger partial charge in [0, 0.05) is 13.1 Å². The SMILES string of the molecule is C=CCn1cnnc1SCC(=O)NCCc1ccccc1OC. The number of hydrogen-bond donors (Lipinski definition) is 1. The summed E-state index contributed by atoms with van der Waals surface area (Å²) in [6.45, 7) is 4.88. The highest BCUT2D eigenvalue weighted by Crippen LogP contribution is 2.17. The molecule has 0 aliphatic heterocycles. The molecule has 0 unspecified atom stereocenters. The summed E-state index contributed by atoms with van der Waals surface area (Å²) in [6.07, 6.45) is 4.12. The van der Waals surface area contributed by atoms with Crippen molar-refractivity contribution >= 4 is 17.7 Å². The van der Waals surface area contributed by atoms with Crippen LogP contribution in [0.1, 0.15) is 5.56 Å². The number of ether oxygens (including phenoxy) is 1. The van der Waals surface area contributed by atoms with Crippen molar-refractivity contribution in [1.82, 2.24) is 20.1 Å². The van der Waals surface area contributed by atoms with Crippen molar-refractivity contribution in [3.63, 3.8) is 0 Å². The van der Waals surface area contributed by atoms with Crippen LogP contribution in [-0.2, 0) is 17.8 Å². The molecule has 122 valence electrons. The van der Waals surface area contributed by atoms with Gasteiger partial charge < -0.3 is 14.6 Å². The van der Waals surface area contributed by atoms with Crippen LogP contribution in [0.2, 0.25) is 0 Å². The Labute approximate surface area is 139 Å². The summed E-state index contributed by atoms with van der Waals surface area (Å²) in [4.78, 5) is 11.9. The van der Waals surface area contributed by atoms with E-state index in [0.717, 1.165) is 17.7 Å². The number of rotatable bonds is 9. The van der Waals surface area contributed by atoms with Crippen molar-refractivity contribution in [2.75, 3.05) is 19.4 Å². The Morgan fingerprint density at radius 3 is 3.09 bits per heavy atom. The monoisotopic (exact) mass is 332 g/mol. The molecule has 2 aromatic rings. The van der Waals surface area contributed by atoms with E-state index < -0.39 is 0 Å². The molecule has 0 atom stereocenters. The molecule has 0 bridgehead atoms. The van der Waals surface area contributed by atoms with Crippen LogP contribution in [0.5, 0.6) is 5.75 Å². The maximum Gasteiger partial charge on any atom is 0.230 e. The van der Waals surface area contributed by atoms with Gasteiger partial charge in [0.15, 0.2) is 5.16 Å². The topological polar surface area (TPSA) is 69.0 Å². The summed E-state index contributed by atoms with van der Waals surface area (Å²) >= 11 is 1.36. The number of allylic oxidation sites excluding steroid dienone is 1. The second-order valence-corrected chi connectivity index (χ2v) is 5.70. The van der Waals surface area contributed by atoms with Gasteiger partial charge in [0.1, 0.15) is 12.1 Å². The van der Waals surface area contributed by atoms with E-state index in [1.54, 1.807) is 19.5 Å². The van der Waals surface area contributed by atoms with Gasteiger partial charge in [0.2, 0.25) is 5.91 Å². The largest absolute Gasteiger partial charge is 0.496 e. The van der Waals surface area contributed by atoms with Crippen LogP contribution in [0.4, 0.5) is 0 Å². The lowest BCUT2D eigenvalue weighted by molar-refractivity contribution is -0.118. The standard InChI is InChI=1S/C16H20N4O2S/c1-3-10-20-12-18-19-16(20)23-11-15(21)17-9-8-13-6-4-5-7-14(13)22-2/h3-7,12H,1,8-11H2,2H3,(H,17,21). The third-order valence-electron chi connectivity index (χ3n) is 3.15. The van der Waals surface area contributed by atoms with Crippen LogP contribution in [0.3, 0.4) is 0 Å². The summed E-state index contributed by atoms with van der Waals surface area (Å²) < 4.78 is 7.14. The van der Waals surface area contributed by atoms with Crippen LogP contribution in [0.15, 0.2) is 48.4 Å². The quantitative estimate of drug-likeness (QED) is 0.561. The predicted octanol–water partition coefficient (Wildman–Crippen LogP) is 1.92. The van der Waals surface area contributed by atoms with E-state index in [1.165, 1.54) is 11.8 Å². The van der Waals surface area contributed by atoms with Crippen molar-refractivity contribution < 1.29 is 9.53 Å². The van der Waals surface area contributed by atoms with Crippen LogP contribution in [-0.4, -0.2) is 40.1 Å². The van der Waals surface area contributed by atoms with Crippen LogP contribution < -0.4 is 10.1 Å². The molecule has 0 radical (unpaired) electrons. The Kier molecular flexibility index (Phi) is 6.68. The number of hydrogen-bond acceptors (Lipinski definition) is 5.